The zero-order chi connectivity index (χ0) is 13.0. The van der Waals surface area contributed by atoms with Crippen LogP contribution in [-0.4, -0.2) is 0 Å². The Hall–Kier alpha value is -1.82. The molecule has 0 saturated heterocycles. The Kier molecular flexibility index (Phi) is 3.99. The summed E-state index contributed by atoms with van der Waals surface area (Å²) < 4.78 is 0. The van der Waals surface area contributed by atoms with E-state index in [0.717, 1.165) is 6.42 Å². The van der Waals surface area contributed by atoms with Crippen molar-refractivity contribution < 1.29 is 0 Å². The van der Waals surface area contributed by atoms with Crippen LogP contribution in [0.1, 0.15) is 30.5 Å². The van der Waals surface area contributed by atoms with Crippen molar-refractivity contribution in [1.82, 2.24) is 0 Å². The van der Waals surface area contributed by atoms with Crippen LogP contribution in [0.15, 0.2) is 48.5 Å². The van der Waals surface area contributed by atoms with Crippen molar-refractivity contribution in [3.8, 4) is 11.1 Å². The van der Waals surface area contributed by atoms with Gasteiger partial charge in [-0.15, -0.1) is 0 Å². The molecule has 2 aromatic carbocycles. The van der Waals surface area contributed by atoms with Crippen LogP contribution >= 0.6 is 0 Å². The van der Waals surface area contributed by atoms with Gasteiger partial charge >= 0.3 is 0 Å². The van der Waals surface area contributed by atoms with E-state index in [0.29, 0.717) is 0 Å². The van der Waals surface area contributed by atoms with Gasteiger partial charge in [-0.25, -0.2) is 0 Å². The molecule has 0 aliphatic heterocycles. The monoisotopic (exact) mass is 236 g/mol. The van der Waals surface area contributed by atoms with Crippen LogP contribution in [0.2, 0.25) is 0 Å². The van der Waals surface area contributed by atoms with Gasteiger partial charge < -0.3 is 0 Å². The van der Waals surface area contributed by atoms with Crippen LogP contribution in [0.4, 0.5) is 0 Å². The Labute approximate surface area is 110 Å². The van der Waals surface area contributed by atoms with Crippen LogP contribution < -0.4 is 0 Å². The topological polar surface area (TPSA) is 0 Å². The summed E-state index contributed by atoms with van der Waals surface area (Å²) in [7, 11) is 0. The van der Waals surface area contributed by atoms with Gasteiger partial charge in [0.25, 0.3) is 0 Å². The van der Waals surface area contributed by atoms with E-state index in [9.17, 15) is 0 Å². The first-order chi connectivity index (χ1) is 8.76. The van der Waals surface area contributed by atoms with Crippen LogP contribution in [0, 0.1) is 6.92 Å². The third kappa shape index (κ3) is 2.53. The second-order valence-corrected chi connectivity index (χ2v) is 4.58. The molecule has 0 aliphatic rings. The normalized spacial score (nSPS) is 11.1. The van der Waals surface area contributed by atoms with Gasteiger partial charge in [0, 0.05) is 0 Å². The molecule has 2 aromatic rings. The van der Waals surface area contributed by atoms with Gasteiger partial charge in [-0.05, 0) is 54.2 Å². The van der Waals surface area contributed by atoms with Crippen LogP contribution in [-0.2, 0) is 6.42 Å². The van der Waals surface area contributed by atoms with Gasteiger partial charge in [0.1, 0.15) is 0 Å². The van der Waals surface area contributed by atoms with Crippen molar-refractivity contribution in [2.45, 2.75) is 27.2 Å². The minimum atomic E-state index is 1.08. The quantitative estimate of drug-likeness (QED) is 0.682. The highest BCUT2D eigenvalue weighted by Crippen LogP contribution is 2.26. The van der Waals surface area contributed by atoms with E-state index >= 15 is 0 Å². The lowest BCUT2D eigenvalue weighted by Crippen LogP contribution is -1.89. The largest absolute Gasteiger partial charge is 0.0871 e. The molecule has 0 amide bonds. The van der Waals surface area contributed by atoms with Gasteiger partial charge in [-0.3, -0.25) is 0 Å². The minimum absolute atomic E-state index is 1.08. The van der Waals surface area contributed by atoms with Crippen LogP contribution in [0.3, 0.4) is 0 Å². The van der Waals surface area contributed by atoms with Gasteiger partial charge in [-0.1, -0.05) is 55.5 Å². The molecule has 2 rings (SSSR count). The first-order valence-corrected chi connectivity index (χ1v) is 6.58. The van der Waals surface area contributed by atoms with Gasteiger partial charge in [-0.2, -0.15) is 0 Å². The number of hydrogen-bond acceptors (Lipinski definition) is 0. The first kappa shape index (κ1) is 12.6. The van der Waals surface area contributed by atoms with Crippen LogP contribution in [0.25, 0.3) is 17.2 Å². The summed E-state index contributed by atoms with van der Waals surface area (Å²) in [4.78, 5) is 0. The SMILES string of the molecule is C/C=C\c1cc(-c2ccccc2C)ccc1CC. The predicted molar refractivity (Wildman–Crippen MR) is 80.7 cm³/mol. The predicted octanol–water partition coefficient (Wildman–Crippen LogP) is 5.26. The summed E-state index contributed by atoms with van der Waals surface area (Å²) in [5.74, 6) is 0. The fourth-order valence-electron chi connectivity index (χ4n) is 2.32. The Morgan fingerprint density at radius 1 is 1.06 bits per heavy atom. The summed E-state index contributed by atoms with van der Waals surface area (Å²) in [6.07, 6.45) is 5.38. The molecule has 0 aliphatic carbocycles. The van der Waals surface area contributed by atoms with E-state index < -0.39 is 0 Å². The number of aryl methyl sites for hydroxylation is 2. The molecular weight excluding hydrogens is 216 g/mol. The van der Waals surface area contributed by atoms with E-state index in [1.54, 1.807) is 0 Å². The summed E-state index contributed by atoms with van der Waals surface area (Å²) in [6, 6.07) is 15.3. The molecule has 0 aromatic heterocycles. The van der Waals surface area contributed by atoms with Crippen molar-refractivity contribution in [3.63, 3.8) is 0 Å². The molecule has 0 unspecified atom stereocenters. The smallest absolute Gasteiger partial charge is 0.0155 e. The second-order valence-electron chi connectivity index (χ2n) is 4.58. The zero-order valence-corrected chi connectivity index (χ0v) is 11.4. The Morgan fingerprint density at radius 3 is 2.50 bits per heavy atom. The molecule has 0 fully saturated rings. The van der Waals surface area contributed by atoms with E-state index in [2.05, 4.69) is 75.4 Å². The minimum Gasteiger partial charge on any atom is -0.0871 e. The van der Waals surface area contributed by atoms with Crippen molar-refractivity contribution in [2.24, 2.45) is 0 Å². The Morgan fingerprint density at radius 2 is 1.83 bits per heavy atom. The molecule has 0 radical (unpaired) electrons. The molecule has 0 heterocycles. The van der Waals surface area contributed by atoms with E-state index in [1.165, 1.54) is 27.8 Å². The second kappa shape index (κ2) is 5.68. The summed E-state index contributed by atoms with van der Waals surface area (Å²) in [6.45, 7) is 6.44. The average molecular weight is 236 g/mol. The number of allylic oxidation sites excluding steroid dienone is 1. The fraction of sp³-hybridized carbons (Fsp3) is 0.222. The highest BCUT2D eigenvalue weighted by Gasteiger charge is 2.04. The molecule has 0 N–H and O–H groups in total. The van der Waals surface area contributed by atoms with Crippen LogP contribution in [0.5, 0.6) is 0 Å². The highest BCUT2D eigenvalue weighted by molar-refractivity contribution is 5.71. The van der Waals surface area contributed by atoms with E-state index in [-0.39, 0.29) is 0 Å². The van der Waals surface area contributed by atoms with E-state index in [4.69, 9.17) is 0 Å². The lowest BCUT2D eigenvalue weighted by atomic mass is 9.95. The van der Waals surface area contributed by atoms with Gasteiger partial charge in [0.05, 0.1) is 0 Å². The molecular formula is C18H20. The van der Waals surface area contributed by atoms with Crippen molar-refractivity contribution in [3.05, 3.63) is 65.2 Å². The van der Waals surface area contributed by atoms with Crippen molar-refractivity contribution in [2.75, 3.05) is 0 Å². The number of benzene rings is 2. The molecule has 0 spiro atoms. The number of hydrogen-bond donors (Lipinski definition) is 0. The fourth-order valence-corrected chi connectivity index (χ4v) is 2.32. The summed E-state index contributed by atoms with van der Waals surface area (Å²) in [5.41, 5.74) is 6.70. The maximum absolute atomic E-state index is 2.29. The standard InChI is InChI=1S/C18H20/c1-4-8-16-13-17(12-11-15(16)5-2)18-10-7-6-9-14(18)3/h4,6-13H,5H2,1-3H3/b8-4-. The molecule has 18 heavy (non-hydrogen) atoms. The third-order valence-electron chi connectivity index (χ3n) is 3.33. The van der Waals surface area contributed by atoms with E-state index in [1.807, 2.05) is 0 Å². The highest BCUT2D eigenvalue weighted by atomic mass is 14.1. The zero-order valence-electron chi connectivity index (χ0n) is 11.4. The van der Waals surface area contributed by atoms with Crippen molar-refractivity contribution >= 4 is 6.08 Å². The Bertz CT molecular complexity index is 562. The lowest BCUT2D eigenvalue weighted by Gasteiger charge is -2.10. The summed E-state index contributed by atoms with van der Waals surface area (Å²) >= 11 is 0. The Balaban J connectivity index is 2.53. The lowest BCUT2D eigenvalue weighted by molar-refractivity contribution is 1.13. The third-order valence-corrected chi connectivity index (χ3v) is 3.33. The maximum atomic E-state index is 2.29. The summed E-state index contributed by atoms with van der Waals surface area (Å²) in [5, 5.41) is 0. The molecule has 0 saturated carbocycles. The molecule has 0 heteroatoms. The van der Waals surface area contributed by atoms with Crippen molar-refractivity contribution in [1.29, 1.82) is 0 Å². The molecule has 92 valence electrons. The number of rotatable bonds is 3. The van der Waals surface area contributed by atoms with Gasteiger partial charge in [0.15, 0.2) is 0 Å². The maximum Gasteiger partial charge on any atom is -0.0155 e. The first-order valence-electron chi connectivity index (χ1n) is 6.58. The molecule has 0 atom stereocenters. The average Bonchev–Trinajstić information content (AvgIpc) is 2.40. The molecule has 0 nitrogen and oxygen atoms in total. The molecule has 0 bridgehead atoms. The van der Waals surface area contributed by atoms with Gasteiger partial charge in [0.2, 0.25) is 0 Å².